The van der Waals surface area contributed by atoms with Gasteiger partial charge in [-0.1, -0.05) is 5.16 Å². The number of likely N-dealkylation sites (tertiary alicyclic amines) is 1. The van der Waals surface area contributed by atoms with Crippen LogP contribution in [0.25, 0.3) is 11.4 Å². The van der Waals surface area contributed by atoms with Crippen molar-refractivity contribution in [1.82, 2.24) is 24.9 Å². The van der Waals surface area contributed by atoms with Crippen LogP contribution in [-0.2, 0) is 11.3 Å². The van der Waals surface area contributed by atoms with Crippen LogP contribution in [0, 0.1) is 5.92 Å². The molecule has 3 heterocycles. The molecule has 0 N–H and O–H groups in total. The van der Waals surface area contributed by atoms with Gasteiger partial charge in [-0.05, 0) is 58.7 Å². The average molecular weight is 387 g/mol. The fourth-order valence-electron chi connectivity index (χ4n) is 3.30. The highest BCUT2D eigenvalue weighted by atomic mass is 16.6. The van der Waals surface area contributed by atoms with Gasteiger partial charge in [0.05, 0.1) is 6.54 Å². The molecule has 3 rings (SSSR count). The lowest BCUT2D eigenvalue weighted by Crippen LogP contribution is -2.43. The normalized spacial score (nSPS) is 15.8. The molecule has 8 heteroatoms. The quantitative estimate of drug-likeness (QED) is 0.779. The highest BCUT2D eigenvalue weighted by Gasteiger charge is 2.27. The highest BCUT2D eigenvalue weighted by molar-refractivity contribution is 5.68. The largest absolute Gasteiger partial charge is 0.444 e. The Hall–Kier alpha value is -2.48. The molecule has 28 heavy (non-hydrogen) atoms. The van der Waals surface area contributed by atoms with Gasteiger partial charge in [-0.25, -0.2) is 4.79 Å². The Bertz CT molecular complexity index is 764. The SMILES string of the molecule is CN(Cc1nc(-c2ccncc2)no1)CC1CCN(C(=O)OC(C)(C)C)CC1. The maximum atomic E-state index is 12.2. The average Bonchev–Trinajstić information content (AvgIpc) is 3.10. The molecule has 1 amide bonds. The summed E-state index contributed by atoms with van der Waals surface area (Å²) in [5, 5.41) is 4.05. The lowest BCUT2D eigenvalue weighted by Gasteiger charge is -2.34. The monoisotopic (exact) mass is 387 g/mol. The Morgan fingerprint density at radius 3 is 2.61 bits per heavy atom. The summed E-state index contributed by atoms with van der Waals surface area (Å²) in [6.45, 7) is 8.68. The Morgan fingerprint density at radius 1 is 1.29 bits per heavy atom. The Kier molecular flexibility index (Phi) is 6.28. The Balaban J connectivity index is 1.44. The van der Waals surface area contributed by atoms with Gasteiger partial charge >= 0.3 is 6.09 Å². The van der Waals surface area contributed by atoms with E-state index < -0.39 is 5.60 Å². The van der Waals surface area contributed by atoms with Gasteiger partial charge in [-0.2, -0.15) is 4.98 Å². The third-order valence-corrected chi connectivity index (χ3v) is 4.65. The van der Waals surface area contributed by atoms with Crippen molar-refractivity contribution in [2.45, 2.75) is 45.8 Å². The molecule has 1 saturated heterocycles. The van der Waals surface area contributed by atoms with E-state index in [1.807, 2.05) is 32.9 Å². The lowest BCUT2D eigenvalue weighted by molar-refractivity contribution is 0.0171. The number of hydrogen-bond donors (Lipinski definition) is 0. The first-order chi connectivity index (χ1) is 13.3. The maximum absolute atomic E-state index is 12.2. The van der Waals surface area contributed by atoms with Crippen molar-refractivity contribution in [1.29, 1.82) is 0 Å². The van der Waals surface area contributed by atoms with Gasteiger partial charge in [0, 0.05) is 37.6 Å². The number of piperidine rings is 1. The molecule has 1 aliphatic rings. The number of rotatable bonds is 5. The zero-order chi connectivity index (χ0) is 20.1. The van der Waals surface area contributed by atoms with E-state index in [1.165, 1.54) is 0 Å². The molecule has 8 nitrogen and oxygen atoms in total. The zero-order valence-corrected chi connectivity index (χ0v) is 17.1. The van der Waals surface area contributed by atoms with E-state index in [1.54, 1.807) is 17.3 Å². The summed E-state index contributed by atoms with van der Waals surface area (Å²) in [7, 11) is 2.05. The van der Waals surface area contributed by atoms with Crippen LogP contribution in [0.1, 0.15) is 39.5 Å². The molecule has 0 spiro atoms. The molecule has 2 aromatic heterocycles. The third kappa shape index (κ3) is 5.76. The zero-order valence-electron chi connectivity index (χ0n) is 17.1. The van der Waals surface area contributed by atoms with Crippen LogP contribution in [0.15, 0.2) is 29.0 Å². The van der Waals surface area contributed by atoms with Gasteiger partial charge < -0.3 is 14.2 Å². The first kappa shape index (κ1) is 20.3. The summed E-state index contributed by atoms with van der Waals surface area (Å²) in [6.07, 6.45) is 5.14. The summed E-state index contributed by atoms with van der Waals surface area (Å²) < 4.78 is 10.8. The lowest BCUT2D eigenvalue weighted by atomic mass is 9.96. The Labute approximate surface area is 165 Å². The van der Waals surface area contributed by atoms with E-state index in [4.69, 9.17) is 9.26 Å². The van der Waals surface area contributed by atoms with Crippen LogP contribution >= 0.6 is 0 Å². The first-order valence-electron chi connectivity index (χ1n) is 9.69. The van der Waals surface area contributed by atoms with Gasteiger partial charge in [-0.15, -0.1) is 0 Å². The molecular weight excluding hydrogens is 358 g/mol. The molecule has 1 aliphatic heterocycles. The van der Waals surface area contributed by atoms with Gasteiger partial charge in [0.1, 0.15) is 5.60 Å². The van der Waals surface area contributed by atoms with E-state index in [0.717, 1.165) is 38.0 Å². The van der Waals surface area contributed by atoms with Crippen molar-refractivity contribution in [2.24, 2.45) is 5.92 Å². The highest BCUT2D eigenvalue weighted by Crippen LogP contribution is 2.21. The van der Waals surface area contributed by atoms with E-state index in [-0.39, 0.29) is 6.09 Å². The fourth-order valence-corrected chi connectivity index (χ4v) is 3.30. The summed E-state index contributed by atoms with van der Waals surface area (Å²) in [4.78, 5) is 24.6. The van der Waals surface area contributed by atoms with Gasteiger partial charge in [0.15, 0.2) is 0 Å². The van der Waals surface area contributed by atoms with Crippen LogP contribution < -0.4 is 0 Å². The van der Waals surface area contributed by atoms with Crippen molar-refractivity contribution < 1.29 is 14.1 Å². The maximum Gasteiger partial charge on any atom is 0.410 e. The number of carbonyl (C=O) groups is 1. The minimum Gasteiger partial charge on any atom is -0.444 e. The third-order valence-electron chi connectivity index (χ3n) is 4.65. The van der Waals surface area contributed by atoms with Gasteiger partial charge in [-0.3, -0.25) is 9.88 Å². The van der Waals surface area contributed by atoms with E-state index in [9.17, 15) is 4.79 Å². The van der Waals surface area contributed by atoms with Crippen molar-refractivity contribution >= 4 is 6.09 Å². The number of carbonyl (C=O) groups excluding carboxylic acids is 1. The molecule has 0 saturated carbocycles. The second kappa shape index (κ2) is 8.68. The fraction of sp³-hybridized carbons (Fsp3) is 0.600. The molecule has 152 valence electrons. The van der Waals surface area contributed by atoms with Crippen LogP contribution in [0.4, 0.5) is 4.79 Å². The number of aromatic nitrogens is 3. The minimum atomic E-state index is -0.451. The minimum absolute atomic E-state index is 0.214. The smallest absolute Gasteiger partial charge is 0.410 e. The standard InChI is InChI=1S/C20H29N5O3/c1-20(2,3)27-19(26)25-11-7-15(8-12-25)13-24(4)14-17-22-18(23-28-17)16-5-9-21-10-6-16/h5-6,9-10,15H,7-8,11-14H2,1-4H3. The predicted octanol–water partition coefficient (Wildman–Crippen LogP) is 3.21. The molecule has 0 aromatic carbocycles. The number of hydrogen-bond acceptors (Lipinski definition) is 7. The second-order valence-corrected chi connectivity index (χ2v) is 8.36. The van der Waals surface area contributed by atoms with E-state index in [2.05, 4.69) is 27.1 Å². The van der Waals surface area contributed by atoms with Gasteiger partial charge in [0.25, 0.3) is 0 Å². The molecular formula is C20H29N5O3. The molecule has 0 radical (unpaired) electrons. The van der Waals surface area contributed by atoms with Crippen LogP contribution in [0.2, 0.25) is 0 Å². The molecule has 1 fully saturated rings. The van der Waals surface area contributed by atoms with Crippen LogP contribution in [0.3, 0.4) is 0 Å². The number of ether oxygens (including phenoxy) is 1. The summed E-state index contributed by atoms with van der Waals surface area (Å²) in [5.74, 6) is 1.71. The van der Waals surface area contributed by atoms with Crippen molar-refractivity contribution in [3.63, 3.8) is 0 Å². The van der Waals surface area contributed by atoms with Gasteiger partial charge in [0.2, 0.25) is 11.7 Å². The van der Waals surface area contributed by atoms with E-state index in [0.29, 0.717) is 24.2 Å². The molecule has 0 bridgehead atoms. The van der Waals surface area contributed by atoms with Crippen molar-refractivity contribution in [3.8, 4) is 11.4 Å². The summed E-state index contributed by atoms with van der Waals surface area (Å²) >= 11 is 0. The number of nitrogens with zero attached hydrogens (tertiary/aromatic N) is 5. The molecule has 2 aromatic rings. The van der Waals surface area contributed by atoms with Crippen LogP contribution in [0.5, 0.6) is 0 Å². The number of amides is 1. The molecule has 0 unspecified atom stereocenters. The second-order valence-electron chi connectivity index (χ2n) is 8.36. The molecule has 0 atom stereocenters. The topological polar surface area (TPSA) is 84.6 Å². The predicted molar refractivity (Wildman–Crippen MR) is 104 cm³/mol. The summed E-state index contributed by atoms with van der Waals surface area (Å²) in [5.41, 5.74) is 0.440. The Morgan fingerprint density at radius 2 is 1.96 bits per heavy atom. The summed E-state index contributed by atoms with van der Waals surface area (Å²) in [6, 6.07) is 3.72. The van der Waals surface area contributed by atoms with Crippen molar-refractivity contribution in [2.75, 3.05) is 26.7 Å². The molecule has 0 aliphatic carbocycles. The number of pyridine rings is 1. The van der Waals surface area contributed by atoms with E-state index >= 15 is 0 Å². The first-order valence-corrected chi connectivity index (χ1v) is 9.69. The van der Waals surface area contributed by atoms with Crippen molar-refractivity contribution in [3.05, 3.63) is 30.4 Å². The van der Waals surface area contributed by atoms with Crippen LogP contribution in [-0.4, -0.2) is 63.3 Å².